The molecule has 0 saturated heterocycles. The third-order valence-electron chi connectivity index (χ3n) is 2.50. The fourth-order valence-corrected chi connectivity index (χ4v) is 1.81. The maximum Gasteiger partial charge on any atom is 0.411 e. The summed E-state index contributed by atoms with van der Waals surface area (Å²) in [6, 6.07) is -0.630. The fourth-order valence-electron chi connectivity index (χ4n) is 1.81. The van der Waals surface area contributed by atoms with Crippen molar-refractivity contribution in [2.45, 2.75) is 39.3 Å². The molecule has 2 atom stereocenters. The van der Waals surface area contributed by atoms with E-state index in [2.05, 4.69) is 0 Å². The van der Waals surface area contributed by atoms with Gasteiger partial charge in [0.15, 0.2) is 0 Å². The van der Waals surface area contributed by atoms with Crippen LogP contribution in [0.15, 0.2) is 12.2 Å². The number of amides is 2. The molecule has 0 aromatic rings. The molecule has 0 fully saturated rings. The van der Waals surface area contributed by atoms with Crippen molar-refractivity contribution in [1.82, 2.24) is 4.90 Å². The number of primary amides is 1. The number of carbonyl (C=O) groups excluding carboxylic acids is 2. The van der Waals surface area contributed by atoms with Gasteiger partial charge in [-0.25, -0.2) is 4.79 Å². The normalized spacial score (nSPS) is 24.6. The SMILES string of the molecule is C[C@@H]1C=CCN(C(=O)OC(C)(C)C)[C@@H]1C(N)=O. The summed E-state index contributed by atoms with van der Waals surface area (Å²) in [5.41, 5.74) is 4.75. The molecule has 0 aliphatic carbocycles. The van der Waals surface area contributed by atoms with Crippen molar-refractivity contribution in [3.63, 3.8) is 0 Å². The summed E-state index contributed by atoms with van der Waals surface area (Å²) in [6.07, 6.45) is 3.22. The van der Waals surface area contributed by atoms with Crippen LogP contribution in [0.4, 0.5) is 4.79 Å². The second kappa shape index (κ2) is 4.77. The number of ether oxygens (including phenoxy) is 1. The van der Waals surface area contributed by atoms with Crippen molar-refractivity contribution in [1.29, 1.82) is 0 Å². The molecular weight excluding hydrogens is 220 g/mol. The number of hydrogen-bond donors (Lipinski definition) is 1. The first kappa shape index (κ1) is 13.5. The Bertz CT molecular complexity index is 344. The van der Waals surface area contributed by atoms with E-state index in [0.29, 0.717) is 6.54 Å². The van der Waals surface area contributed by atoms with Crippen LogP contribution in [0.2, 0.25) is 0 Å². The second-order valence-electron chi connectivity index (χ2n) is 5.27. The molecule has 17 heavy (non-hydrogen) atoms. The van der Waals surface area contributed by atoms with Crippen LogP contribution in [0.3, 0.4) is 0 Å². The summed E-state index contributed by atoms with van der Waals surface area (Å²) < 4.78 is 5.25. The molecule has 0 spiro atoms. The number of hydrogen-bond acceptors (Lipinski definition) is 3. The van der Waals surface area contributed by atoms with Crippen LogP contribution in [-0.2, 0) is 9.53 Å². The molecule has 1 heterocycles. The lowest BCUT2D eigenvalue weighted by atomic mass is 9.96. The maximum absolute atomic E-state index is 11.9. The van der Waals surface area contributed by atoms with Crippen molar-refractivity contribution >= 4 is 12.0 Å². The molecule has 0 unspecified atom stereocenters. The zero-order valence-electron chi connectivity index (χ0n) is 10.8. The molecule has 0 radical (unpaired) electrons. The maximum atomic E-state index is 11.9. The van der Waals surface area contributed by atoms with E-state index in [1.807, 2.05) is 19.1 Å². The average molecular weight is 240 g/mol. The van der Waals surface area contributed by atoms with Crippen LogP contribution < -0.4 is 5.73 Å². The Morgan fingerprint density at radius 3 is 2.47 bits per heavy atom. The first-order valence-electron chi connectivity index (χ1n) is 5.68. The van der Waals surface area contributed by atoms with Crippen LogP contribution in [0.5, 0.6) is 0 Å². The Labute approximate surface area is 102 Å². The van der Waals surface area contributed by atoms with Gasteiger partial charge in [-0.15, -0.1) is 0 Å². The van der Waals surface area contributed by atoms with E-state index in [4.69, 9.17) is 10.5 Å². The molecule has 1 aliphatic rings. The van der Waals surface area contributed by atoms with Gasteiger partial charge in [-0.1, -0.05) is 19.1 Å². The van der Waals surface area contributed by atoms with Gasteiger partial charge in [-0.3, -0.25) is 9.69 Å². The topological polar surface area (TPSA) is 72.6 Å². The zero-order chi connectivity index (χ0) is 13.2. The van der Waals surface area contributed by atoms with Crippen LogP contribution >= 0.6 is 0 Å². The lowest BCUT2D eigenvalue weighted by Crippen LogP contribution is -2.53. The Balaban J connectivity index is 2.84. The largest absolute Gasteiger partial charge is 0.444 e. The molecule has 0 aromatic carbocycles. The Morgan fingerprint density at radius 2 is 2.00 bits per heavy atom. The molecule has 0 saturated carbocycles. The fraction of sp³-hybridized carbons (Fsp3) is 0.667. The Hall–Kier alpha value is -1.52. The van der Waals surface area contributed by atoms with Crippen molar-refractivity contribution in [2.75, 3.05) is 6.54 Å². The number of nitrogens with zero attached hydrogens (tertiary/aromatic N) is 1. The third kappa shape index (κ3) is 3.47. The van der Waals surface area contributed by atoms with Crippen LogP contribution in [-0.4, -0.2) is 35.1 Å². The van der Waals surface area contributed by atoms with Crippen molar-refractivity contribution in [2.24, 2.45) is 11.7 Å². The van der Waals surface area contributed by atoms with Gasteiger partial charge >= 0.3 is 6.09 Å². The van der Waals surface area contributed by atoms with Crippen LogP contribution in [0, 0.1) is 5.92 Å². The monoisotopic (exact) mass is 240 g/mol. The van der Waals surface area contributed by atoms with E-state index in [1.54, 1.807) is 20.8 Å². The minimum absolute atomic E-state index is 0.0891. The van der Waals surface area contributed by atoms with E-state index < -0.39 is 23.6 Å². The molecule has 5 nitrogen and oxygen atoms in total. The average Bonchev–Trinajstić information content (AvgIpc) is 2.13. The van der Waals surface area contributed by atoms with Crippen molar-refractivity contribution in [3.05, 3.63) is 12.2 Å². The molecule has 96 valence electrons. The summed E-state index contributed by atoms with van der Waals surface area (Å²) in [5.74, 6) is -0.596. The van der Waals surface area contributed by atoms with E-state index in [0.717, 1.165) is 0 Å². The number of carbonyl (C=O) groups is 2. The highest BCUT2D eigenvalue weighted by atomic mass is 16.6. The minimum Gasteiger partial charge on any atom is -0.444 e. The predicted molar refractivity (Wildman–Crippen MR) is 64.2 cm³/mol. The van der Waals surface area contributed by atoms with E-state index >= 15 is 0 Å². The van der Waals surface area contributed by atoms with Gasteiger partial charge in [-0.05, 0) is 20.8 Å². The molecule has 0 bridgehead atoms. The minimum atomic E-state index is -0.630. The van der Waals surface area contributed by atoms with Gasteiger partial charge in [0.1, 0.15) is 11.6 Å². The second-order valence-corrected chi connectivity index (χ2v) is 5.27. The molecule has 1 rings (SSSR count). The molecular formula is C12H20N2O3. The predicted octanol–water partition coefficient (Wildman–Crippen LogP) is 1.28. The lowest BCUT2D eigenvalue weighted by molar-refractivity contribution is -0.124. The first-order valence-corrected chi connectivity index (χ1v) is 5.68. The molecule has 1 aliphatic heterocycles. The highest BCUT2D eigenvalue weighted by Crippen LogP contribution is 2.20. The number of rotatable bonds is 1. The smallest absolute Gasteiger partial charge is 0.411 e. The van der Waals surface area contributed by atoms with Crippen LogP contribution in [0.1, 0.15) is 27.7 Å². The van der Waals surface area contributed by atoms with Crippen LogP contribution in [0.25, 0.3) is 0 Å². The van der Waals surface area contributed by atoms with Gasteiger partial charge in [0.2, 0.25) is 5.91 Å². The van der Waals surface area contributed by atoms with Gasteiger partial charge in [0, 0.05) is 12.5 Å². The summed E-state index contributed by atoms with van der Waals surface area (Å²) in [6.45, 7) is 7.56. The Kier molecular flexibility index (Phi) is 3.80. The standard InChI is InChI=1S/C12H20N2O3/c1-8-6-5-7-14(9(8)10(13)15)11(16)17-12(2,3)4/h5-6,8-9H,7H2,1-4H3,(H2,13,15)/t8-,9+/m1/s1. The highest BCUT2D eigenvalue weighted by molar-refractivity contribution is 5.85. The van der Waals surface area contributed by atoms with Gasteiger partial charge in [-0.2, -0.15) is 0 Å². The van der Waals surface area contributed by atoms with E-state index in [9.17, 15) is 9.59 Å². The summed E-state index contributed by atoms with van der Waals surface area (Å²) >= 11 is 0. The summed E-state index contributed by atoms with van der Waals surface area (Å²) in [4.78, 5) is 24.7. The zero-order valence-corrected chi connectivity index (χ0v) is 10.8. The quantitative estimate of drug-likeness (QED) is 0.702. The summed E-state index contributed by atoms with van der Waals surface area (Å²) in [5, 5.41) is 0. The first-order chi connectivity index (χ1) is 7.72. The lowest BCUT2D eigenvalue weighted by Gasteiger charge is -2.35. The van der Waals surface area contributed by atoms with Crippen molar-refractivity contribution in [3.8, 4) is 0 Å². The molecule has 0 aromatic heterocycles. The van der Waals surface area contributed by atoms with Gasteiger partial charge < -0.3 is 10.5 Å². The molecule has 2 amide bonds. The highest BCUT2D eigenvalue weighted by Gasteiger charge is 2.35. The Morgan fingerprint density at radius 1 is 1.41 bits per heavy atom. The van der Waals surface area contributed by atoms with E-state index in [1.165, 1.54) is 4.90 Å². The van der Waals surface area contributed by atoms with Crippen molar-refractivity contribution < 1.29 is 14.3 Å². The third-order valence-corrected chi connectivity index (χ3v) is 2.50. The molecule has 5 heteroatoms. The van der Waals surface area contributed by atoms with E-state index in [-0.39, 0.29) is 5.92 Å². The molecule has 2 N–H and O–H groups in total. The van der Waals surface area contributed by atoms with Gasteiger partial charge in [0.05, 0.1) is 0 Å². The van der Waals surface area contributed by atoms with Gasteiger partial charge in [0.25, 0.3) is 0 Å². The summed E-state index contributed by atoms with van der Waals surface area (Å²) in [7, 11) is 0. The number of nitrogens with two attached hydrogens (primary N) is 1.